The summed E-state index contributed by atoms with van der Waals surface area (Å²) in [6, 6.07) is 24.2. The number of methoxy groups -OCH3 is 1. The van der Waals surface area contributed by atoms with Crippen molar-refractivity contribution in [2.75, 3.05) is 18.2 Å². The van der Waals surface area contributed by atoms with Crippen molar-refractivity contribution >= 4 is 46.0 Å². The summed E-state index contributed by atoms with van der Waals surface area (Å²) in [5.74, 6) is 0.896. The molecule has 0 spiro atoms. The number of benzene rings is 3. The van der Waals surface area contributed by atoms with Gasteiger partial charge in [-0.25, -0.2) is 4.99 Å². The third kappa shape index (κ3) is 4.32. The zero-order valence-corrected chi connectivity index (χ0v) is 19.3. The Balaban J connectivity index is 1.39. The number of carbonyl (C=O) groups is 2. The summed E-state index contributed by atoms with van der Waals surface area (Å²) < 4.78 is 5.31. The Morgan fingerprint density at radius 1 is 1.00 bits per heavy atom. The lowest BCUT2D eigenvalue weighted by atomic mass is 10.0. The van der Waals surface area contributed by atoms with Crippen LogP contribution >= 0.6 is 11.8 Å². The number of fused-ring (bicyclic) bond motifs is 3. The van der Waals surface area contributed by atoms with Gasteiger partial charge in [0, 0.05) is 12.0 Å². The fourth-order valence-electron chi connectivity index (χ4n) is 4.00. The number of carbonyl (C=O) groups excluding carboxylic acids is 2. The second-order valence-electron chi connectivity index (χ2n) is 7.80. The van der Waals surface area contributed by atoms with Crippen molar-refractivity contribution in [3.8, 4) is 5.75 Å². The van der Waals surface area contributed by atoms with Crippen molar-refractivity contribution in [1.82, 2.24) is 4.90 Å². The Bertz CT molecular complexity index is 1310. The Morgan fingerprint density at radius 3 is 2.56 bits per heavy atom. The standard InChI is InChI=1S/C26H22N4O3S/c1-33-22-14-8-7-13-20(22)27-23(31)16-34-26-28-19-12-6-5-11-18(19)24-29-25(32)21(30(24)26)15-17-9-3-2-4-10-17/h2-14,21H,15-16H2,1H3,(H,27,31). The van der Waals surface area contributed by atoms with Gasteiger partial charge in [-0.3, -0.25) is 14.5 Å². The van der Waals surface area contributed by atoms with Crippen LogP contribution in [0.5, 0.6) is 5.75 Å². The molecule has 2 aliphatic heterocycles. The first kappa shape index (κ1) is 21.9. The van der Waals surface area contributed by atoms with E-state index in [4.69, 9.17) is 9.73 Å². The van der Waals surface area contributed by atoms with Crippen molar-refractivity contribution in [2.24, 2.45) is 9.98 Å². The summed E-state index contributed by atoms with van der Waals surface area (Å²) in [6.45, 7) is 0. The zero-order chi connectivity index (χ0) is 23.5. The molecule has 1 N–H and O–H groups in total. The fourth-order valence-corrected chi connectivity index (χ4v) is 4.85. The van der Waals surface area contributed by atoms with Gasteiger partial charge in [0.2, 0.25) is 5.91 Å². The number of amidine groups is 2. The van der Waals surface area contributed by atoms with Crippen molar-refractivity contribution in [3.63, 3.8) is 0 Å². The van der Waals surface area contributed by atoms with Crippen LogP contribution in [-0.4, -0.2) is 46.6 Å². The lowest BCUT2D eigenvalue weighted by Crippen LogP contribution is -2.45. The molecule has 3 aromatic rings. The summed E-state index contributed by atoms with van der Waals surface area (Å²) in [5.41, 5.74) is 3.19. The molecule has 1 atom stereocenters. The van der Waals surface area contributed by atoms with E-state index in [-0.39, 0.29) is 17.6 Å². The van der Waals surface area contributed by atoms with Gasteiger partial charge < -0.3 is 10.1 Å². The average molecular weight is 471 g/mol. The van der Waals surface area contributed by atoms with Gasteiger partial charge in [0.05, 0.1) is 24.2 Å². The van der Waals surface area contributed by atoms with Crippen molar-refractivity contribution < 1.29 is 14.3 Å². The van der Waals surface area contributed by atoms with Gasteiger partial charge in [-0.05, 0) is 29.8 Å². The largest absolute Gasteiger partial charge is 0.495 e. The zero-order valence-electron chi connectivity index (χ0n) is 18.5. The first-order valence-electron chi connectivity index (χ1n) is 10.8. The summed E-state index contributed by atoms with van der Waals surface area (Å²) in [7, 11) is 1.56. The molecule has 8 heteroatoms. The van der Waals surface area contributed by atoms with Crippen LogP contribution < -0.4 is 10.1 Å². The molecule has 0 fully saturated rings. The van der Waals surface area contributed by atoms with Gasteiger partial charge >= 0.3 is 0 Å². The van der Waals surface area contributed by atoms with Gasteiger partial charge in [0.25, 0.3) is 5.91 Å². The molecule has 0 saturated carbocycles. The maximum atomic E-state index is 13.0. The van der Waals surface area contributed by atoms with Crippen LogP contribution in [0.15, 0.2) is 88.8 Å². The normalized spacial score (nSPS) is 16.3. The molecule has 0 aromatic heterocycles. The number of hydrogen-bond donors (Lipinski definition) is 1. The average Bonchev–Trinajstić information content (AvgIpc) is 3.19. The number of ether oxygens (including phenoxy) is 1. The quantitative estimate of drug-likeness (QED) is 0.582. The molecule has 2 amide bonds. The molecule has 0 aliphatic carbocycles. The van der Waals surface area contributed by atoms with Crippen LogP contribution in [-0.2, 0) is 16.0 Å². The smallest absolute Gasteiger partial charge is 0.271 e. The molecule has 34 heavy (non-hydrogen) atoms. The SMILES string of the molecule is COc1ccccc1NC(=O)CSC1=Nc2ccccc2C2=NC(=O)C(Cc3ccccc3)N12. The van der Waals surface area contributed by atoms with Gasteiger partial charge in [0.1, 0.15) is 17.6 Å². The van der Waals surface area contributed by atoms with Crippen molar-refractivity contribution in [2.45, 2.75) is 12.5 Å². The lowest BCUT2D eigenvalue weighted by Gasteiger charge is -2.31. The molecule has 2 aliphatic rings. The number of nitrogens with zero attached hydrogens (tertiary/aromatic N) is 3. The Hall–Kier alpha value is -3.91. The molecule has 7 nitrogen and oxygen atoms in total. The second-order valence-corrected chi connectivity index (χ2v) is 8.74. The molecule has 0 saturated heterocycles. The number of thioether (sulfide) groups is 1. The number of nitrogens with one attached hydrogen (secondary N) is 1. The number of para-hydroxylation sites is 3. The molecule has 0 radical (unpaired) electrons. The maximum Gasteiger partial charge on any atom is 0.271 e. The lowest BCUT2D eigenvalue weighted by molar-refractivity contribution is -0.119. The monoisotopic (exact) mass is 470 g/mol. The number of anilines is 1. The van der Waals surface area contributed by atoms with E-state index in [1.54, 1.807) is 19.2 Å². The highest BCUT2D eigenvalue weighted by Crippen LogP contribution is 2.35. The highest BCUT2D eigenvalue weighted by atomic mass is 32.2. The molecular weight excluding hydrogens is 448 g/mol. The molecule has 5 rings (SSSR count). The van der Waals surface area contributed by atoms with Gasteiger partial charge in [-0.2, -0.15) is 4.99 Å². The van der Waals surface area contributed by atoms with Crippen LogP contribution in [0.4, 0.5) is 11.4 Å². The van der Waals surface area contributed by atoms with Gasteiger partial charge in [-0.1, -0.05) is 66.4 Å². The molecule has 1 unspecified atom stereocenters. The minimum absolute atomic E-state index is 0.120. The minimum atomic E-state index is -0.505. The number of aliphatic imine (C=N–C) groups is 2. The summed E-state index contributed by atoms with van der Waals surface area (Å²) in [6.07, 6.45) is 0.502. The van der Waals surface area contributed by atoms with Gasteiger partial charge in [-0.15, -0.1) is 0 Å². The highest BCUT2D eigenvalue weighted by Gasteiger charge is 2.41. The first-order valence-corrected chi connectivity index (χ1v) is 11.8. The topological polar surface area (TPSA) is 83.4 Å². The molecular formula is C26H22N4O3S. The van der Waals surface area contributed by atoms with E-state index in [0.717, 1.165) is 16.8 Å². The molecule has 170 valence electrons. The molecule has 0 bridgehead atoms. The van der Waals surface area contributed by atoms with Crippen LogP contribution in [0.1, 0.15) is 11.1 Å². The van der Waals surface area contributed by atoms with Crippen molar-refractivity contribution in [1.29, 1.82) is 0 Å². The summed E-state index contributed by atoms with van der Waals surface area (Å²) in [4.78, 5) is 36.8. The minimum Gasteiger partial charge on any atom is -0.495 e. The van der Waals surface area contributed by atoms with E-state index in [1.807, 2.05) is 71.6 Å². The molecule has 2 heterocycles. The van der Waals surface area contributed by atoms with E-state index in [9.17, 15) is 9.59 Å². The van der Waals surface area contributed by atoms with E-state index in [1.165, 1.54) is 11.8 Å². The highest BCUT2D eigenvalue weighted by molar-refractivity contribution is 8.14. The van der Waals surface area contributed by atoms with E-state index >= 15 is 0 Å². The van der Waals surface area contributed by atoms with E-state index in [2.05, 4.69) is 10.3 Å². The maximum absolute atomic E-state index is 13.0. The first-order chi connectivity index (χ1) is 16.6. The second kappa shape index (κ2) is 9.52. The molecule has 3 aromatic carbocycles. The Morgan fingerprint density at radius 2 is 1.74 bits per heavy atom. The fraction of sp³-hybridized carbons (Fsp3) is 0.154. The number of amides is 2. The Kier molecular flexibility index (Phi) is 6.14. The van der Waals surface area contributed by atoms with Crippen LogP contribution in [0.2, 0.25) is 0 Å². The predicted octanol–water partition coefficient (Wildman–Crippen LogP) is 4.27. The van der Waals surface area contributed by atoms with Gasteiger partial charge in [0.15, 0.2) is 5.17 Å². The van der Waals surface area contributed by atoms with Crippen LogP contribution in [0.25, 0.3) is 0 Å². The summed E-state index contributed by atoms with van der Waals surface area (Å²) >= 11 is 1.28. The van der Waals surface area contributed by atoms with Crippen LogP contribution in [0.3, 0.4) is 0 Å². The van der Waals surface area contributed by atoms with Crippen LogP contribution in [0, 0.1) is 0 Å². The Labute approximate surface area is 201 Å². The number of rotatable bonds is 6. The third-order valence-electron chi connectivity index (χ3n) is 5.59. The predicted molar refractivity (Wildman–Crippen MR) is 135 cm³/mol. The van der Waals surface area contributed by atoms with Crippen molar-refractivity contribution in [3.05, 3.63) is 90.0 Å². The van der Waals surface area contributed by atoms with E-state index < -0.39 is 6.04 Å². The summed E-state index contributed by atoms with van der Waals surface area (Å²) in [5, 5.41) is 3.47. The van der Waals surface area contributed by atoms with E-state index in [0.29, 0.717) is 28.9 Å². The third-order valence-corrected chi connectivity index (χ3v) is 6.55. The number of hydrogen-bond acceptors (Lipinski definition) is 6.